The summed E-state index contributed by atoms with van der Waals surface area (Å²) in [5.74, 6) is 0.283. The van der Waals surface area contributed by atoms with E-state index < -0.39 is 22.2 Å². The van der Waals surface area contributed by atoms with Crippen molar-refractivity contribution in [2.75, 3.05) is 5.75 Å². The number of rotatable bonds is 4. The number of pyridine rings is 1. The molecule has 0 aliphatic rings. The van der Waals surface area contributed by atoms with Crippen molar-refractivity contribution in [3.8, 4) is 0 Å². The maximum Gasteiger partial charge on any atom is 0.141 e. The lowest BCUT2D eigenvalue weighted by molar-refractivity contribution is 0.577. The third-order valence-corrected chi connectivity index (χ3v) is 3.34. The minimum atomic E-state index is -1.08. The quantitative estimate of drug-likeness (QED) is 0.845. The number of aromatic nitrogens is 1. The zero-order valence-electron chi connectivity index (χ0n) is 8.87. The molecule has 84 valence electrons. The van der Waals surface area contributed by atoms with Gasteiger partial charge in [-0.05, 0) is 25.5 Å². The Kier molecular flexibility index (Phi) is 3.93. The summed E-state index contributed by atoms with van der Waals surface area (Å²) in [5, 5.41) is 0. The first-order valence-electron chi connectivity index (χ1n) is 4.60. The molecule has 0 spiro atoms. The molecule has 15 heavy (non-hydrogen) atoms. The van der Waals surface area contributed by atoms with Gasteiger partial charge in [-0.1, -0.05) is 0 Å². The predicted octanol–water partition coefficient (Wildman–Crippen LogP) is 1.21. The van der Waals surface area contributed by atoms with Gasteiger partial charge < -0.3 is 5.73 Å². The number of nitrogens with zero attached hydrogens (tertiary/aromatic N) is 1. The molecule has 1 unspecified atom stereocenters. The summed E-state index contributed by atoms with van der Waals surface area (Å²) in [6.45, 7) is 3.63. The van der Waals surface area contributed by atoms with Crippen molar-refractivity contribution < 1.29 is 8.60 Å². The molecule has 3 nitrogen and oxygen atoms in total. The van der Waals surface area contributed by atoms with E-state index in [1.807, 2.05) is 13.8 Å². The van der Waals surface area contributed by atoms with Gasteiger partial charge in [0.15, 0.2) is 0 Å². The molecule has 0 fully saturated rings. The molecule has 1 rings (SSSR count). The van der Waals surface area contributed by atoms with Crippen molar-refractivity contribution in [1.29, 1.82) is 0 Å². The van der Waals surface area contributed by atoms with Crippen LogP contribution in [-0.2, 0) is 16.6 Å². The zero-order valence-corrected chi connectivity index (χ0v) is 9.68. The van der Waals surface area contributed by atoms with Crippen molar-refractivity contribution in [2.45, 2.75) is 25.1 Å². The highest BCUT2D eigenvalue weighted by atomic mass is 32.2. The van der Waals surface area contributed by atoms with E-state index in [4.69, 9.17) is 5.73 Å². The van der Waals surface area contributed by atoms with Crippen LogP contribution in [0, 0.1) is 5.82 Å². The Morgan fingerprint density at radius 2 is 2.20 bits per heavy atom. The van der Waals surface area contributed by atoms with Crippen LogP contribution in [0.3, 0.4) is 0 Å². The van der Waals surface area contributed by atoms with Gasteiger partial charge in [0.25, 0.3) is 0 Å². The van der Waals surface area contributed by atoms with Gasteiger partial charge in [-0.2, -0.15) is 0 Å². The molecule has 0 aromatic carbocycles. The lowest BCUT2D eigenvalue weighted by atomic mass is 10.1. The first-order chi connectivity index (χ1) is 6.87. The molecule has 0 radical (unpaired) electrons. The fourth-order valence-corrected chi connectivity index (χ4v) is 2.65. The van der Waals surface area contributed by atoms with E-state index >= 15 is 0 Å². The van der Waals surface area contributed by atoms with Gasteiger partial charge in [-0.25, -0.2) is 4.39 Å². The highest BCUT2D eigenvalue weighted by molar-refractivity contribution is 7.84. The Labute approximate surface area is 91.4 Å². The summed E-state index contributed by atoms with van der Waals surface area (Å²) in [5.41, 5.74) is 5.91. The molecular weight excluding hydrogens is 215 g/mol. The van der Waals surface area contributed by atoms with Crippen LogP contribution in [0.5, 0.6) is 0 Å². The molecule has 2 N–H and O–H groups in total. The topological polar surface area (TPSA) is 56.0 Å². The maximum absolute atomic E-state index is 12.8. The van der Waals surface area contributed by atoms with Crippen LogP contribution in [0.1, 0.15) is 19.4 Å². The van der Waals surface area contributed by atoms with E-state index in [2.05, 4.69) is 4.98 Å². The predicted molar refractivity (Wildman–Crippen MR) is 59.2 cm³/mol. The average molecular weight is 230 g/mol. The first kappa shape index (κ1) is 12.3. The molecule has 0 amide bonds. The van der Waals surface area contributed by atoms with Crippen molar-refractivity contribution in [2.24, 2.45) is 5.73 Å². The summed E-state index contributed by atoms with van der Waals surface area (Å²) in [4.78, 5) is 3.69. The van der Waals surface area contributed by atoms with E-state index in [0.717, 1.165) is 6.20 Å². The van der Waals surface area contributed by atoms with Gasteiger partial charge in [0, 0.05) is 28.3 Å². The second-order valence-corrected chi connectivity index (χ2v) is 5.69. The number of halogens is 1. The third-order valence-electron chi connectivity index (χ3n) is 1.62. The summed E-state index contributed by atoms with van der Waals surface area (Å²) >= 11 is 0. The van der Waals surface area contributed by atoms with Crippen LogP contribution in [0.25, 0.3) is 0 Å². The molecule has 0 saturated carbocycles. The van der Waals surface area contributed by atoms with Crippen LogP contribution in [0.2, 0.25) is 0 Å². The molecule has 5 heteroatoms. The summed E-state index contributed by atoms with van der Waals surface area (Å²) in [6.07, 6.45) is 2.64. The Bertz CT molecular complexity index is 363. The van der Waals surface area contributed by atoms with Crippen molar-refractivity contribution in [3.63, 3.8) is 0 Å². The summed E-state index contributed by atoms with van der Waals surface area (Å²) in [7, 11) is -1.08. The van der Waals surface area contributed by atoms with Gasteiger partial charge in [-0.3, -0.25) is 9.19 Å². The molecule has 1 aromatic rings. The SMILES string of the molecule is CC(C)(N)CS(=O)Cc1cncc(F)c1. The Morgan fingerprint density at radius 1 is 1.53 bits per heavy atom. The lowest BCUT2D eigenvalue weighted by Crippen LogP contribution is -2.38. The number of hydrogen-bond donors (Lipinski definition) is 1. The van der Waals surface area contributed by atoms with E-state index in [-0.39, 0.29) is 0 Å². The fraction of sp³-hybridized carbons (Fsp3) is 0.500. The number of nitrogens with two attached hydrogens (primary N) is 1. The molecule has 1 atom stereocenters. The van der Waals surface area contributed by atoms with Crippen molar-refractivity contribution in [3.05, 3.63) is 29.8 Å². The maximum atomic E-state index is 12.8. The first-order valence-corrected chi connectivity index (χ1v) is 6.09. The highest BCUT2D eigenvalue weighted by Crippen LogP contribution is 2.07. The minimum Gasteiger partial charge on any atom is -0.325 e. The Balaban J connectivity index is 2.59. The van der Waals surface area contributed by atoms with Crippen LogP contribution >= 0.6 is 0 Å². The number of hydrogen-bond acceptors (Lipinski definition) is 3. The van der Waals surface area contributed by atoms with E-state index in [1.54, 1.807) is 0 Å². The standard InChI is InChI=1S/C10H15FN2OS/c1-10(2,12)7-15(14)6-8-3-9(11)5-13-4-8/h3-5H,6-7,12H2,1-2H3. The molecule has 0 bridgehead atoms. The summed E-state index contributed by atoms with van der Waals surface area (Å²) in [6, 6.07) is 1.34. The molecule has 1 aromatic heterocycles. The fourth-order valence-electron chi connectivity index (χ4n) is 1.19. The van der Waals surface area contributed by atoms with Crippen LogP contribution < -0.4 is 5.73 Å². The van der Waals surface area contributed by atoms with Gasteiger partial charge >= 0.3 is 0 Å². The smallest absolute Gasteiger partial charge is 0.141 e. The molecule has 1 heterocycles. The van der Waals surface area contributed by atoms with E-state index in [9.17, 15) is 8.60 Å². The average Bonchev–Trinajstić information content (AvgIpc) is 1.99. The second-order valence-electron chi connectivity index (χ2n) is 4.23. The molecule has 0 aliphatic carbocycles. The molecule has 0 aliphatic heterocycles. The zero-order chi connectivity index (χ0) is 11.5. The Morgan fingerprint density at radius 3 is 2.73 bits per heavy atom. The van der Waals surface area contributed by atoms with Crippen LogP contribution in [0.15, 0.2) is 18.5 Å². The van der Waals surface area contributed by atoms with Gasteiger partial charge in [0.2, 0.25) is 0 Å². The minimum absolute atomic E-state index is 0.297. The Hall–Kier alpha value is -0.810. The van der Waals surface area contributed by atoms with E-state index in [1.165, 1.54) is 12.3 Å². The van der Waals surface area contributed by atoms with Gasteiger partial charge in [0.05, 0.1) is 11.9 Å². The van der Waals surface area contributed by atoms with Gasteiger partial charge in [0.1, 0.15) is 5.82 Å². The second kappa shape index (κ2) is 4.81. The molecular formula is C10H15FN2OS. The van der Waals surface area contributed by atoms with Gasteiger partial charge in [-0.15, -0.1) is 0 Å². The van der Waals surface area contributed by atoms with Crippen LogP contribution in [0.4, 0.5) is 4.39 Å². The normalized spacial score (nSPS) is 13.9. The highest BCUT2D eigenvalue weighted by Gasteiger charge is 2.15. The van der Waals surface area contributed by atoms with E-state index in [0.29, 0.717) is 17.1 Å². The monoisotopic (exact) mass is 230 g/mol. The lowest BCUT2D eigenvalue weighted by Gasteiger charge is -2.17. The third kappa shape index (κ3) is 4.99. The van der Waals surface area contributed by atoms with Crippen molar-refractivity contribution >= 4 is 10.8 Å². The van der Waals surface area contributed by atoms with Crippen LogP contribution in [-0.4, -0.2) is 20.5 Å². The molecule has 0 saturated heterocycles. The largest absolute Gasteiger partial charge is 0.325 e. The summed E-state index contributed by atoms with van der Waals surface area (Å²) < 4.78 is 24.4. The van der Waals surface area contributed by atoms with Crippen molar-refractivity contribution in [1.82, 2.24) is 4.98 Å².